The van der Waals surface area contributed by atoms with E-state index < -0.39 is 0 Å². The minimum absolute atomic E-state index is 0.107. The minimum atomic E-state index is -0.329. The number of carbonyl (C=O) groups excluding carboxylic acids is 2. The lowest BCUT2D eigenvalue weighted by Gasteiger charge is -2.38. The van der Waals surface area contributed by atoms with E-state index in [0.717, 1.165) is 49.3 Å². The van der Waals surface area contributed by atoms with Gasteiger partial charge in [0.2, 0.25) is 11.8 Å². The molecule has 0 saturated carbocycles. The molecule has 23 heavy (non-hydrogen) atoms. The largest absolute Gasteiger partial charge is 0.342 e. The van der Waals surface area contributed by atoms with Crippen LogP contribution in [0.4, 0.5) is 0 Å². The molecule has 1 spiro atoms. The summed E-state index contributed by atoms with van der Waals surface area (Å²) in [5.74, 6) is 0.355. The summed E-state index contributed by atoms with van der Waals surface area (Å²) >= 11 is 0. The van der Waals surface area contributed by atoms with Crippen LogP contribution in [0.3, 0.4) is 0 Å². The third kappa shape index (κ3) is 2.75. The van der Waals surface area contributed by atoms with Crippen molar-refractivity contribution < 1.29 is 9.59 Å². The van der Waals surface area contributed by atoms with Crippen LogP contribution < -0.4 is 0 Å². The highest BCUT2D eigenvalue weighted by Crippen LogP contribution is 2.40. The molecule has 3 heterocycles. The average molecular weight is 318 g/mol. The van der Waals surface area contributed by atoms with Crippen molar-refractivity contribution in [1.29, 1.82) is 0 Å². The molecule has 126 valence electrons. The van der Waals surface area contributed by atoms with Crippen LogP contribution in [0.25, 0.3) is 0 Å². The van der Waals surface area contributed by atoms with E-state index in [1.165, 1.54) is 0 Å². The topological polar surface area (TPSA) is 69.3 Å². The molecule has 3 rings (SSSR count). The van der Waals surface area contributed by atoms with Crippen LogP contribution in [0, 0.1) is 19.3 Å². The highest BCUT2D eigenvalue weighted by molar-refractivity contribution is 5.86. The van der Waals surface area contributed by atoms with E-state index in [2.05, 4.69) is 10.2 Å². The monoisotopic (exact) mass is 318 g/mol. The lowest BCUT2D eigenvalue weighted by molar-refractivity contribution is -0.145. The van der Waals surface area contributed by atoms with Crippen LogP contribution in [-0.4, -0.2) is 58.0 Å². The van der Waals surface area contributed by atoms with Gasteiger partial charge in [-0.25, -0.2) is 0 Å². The predicted octanol–water partition coefficient (Wildman–Crippen LogP) is 1.43. The van der Waals surface area contributed by atoms with Crippen LogP contribution in [0.5, 0.6) is 0 Å². The van der Waals surface area contributed by atoms with Gasteiger partial charge in [-0.2, -0.15) is 5.10 Å². The van der Waals surface area contributed by atoms with E-state index >= 15 is 0 Å². The number of rotatable bonds is 3. The Hall–Kier alpha value is -1.85. The van der Waals surface area contributed by atoms with E-state index in [9.17, 15) is 9.59 Å². The summed E-state index contributed by atoms with van der Waals surface area (Å²) in [5.41, 5.74) is 2.50. The van der Waals surface area contributed by atoms with E-state index in [0.29, 0.717) is 19.5 Å². The molecule has 2 saturated heterocycles. The number of carbonyl (C=O) groups is 2. The number of likely N-dealkylation sites (tertiary alicyclic amines) is 2. The Kier molecular flexibility index (Phi) is 4.17. The zero-order valence-corrected chi connectivity index (χ0v) is 14.3. The summed E-state index contributed by atoms with van der Waals surface area (Å²) in [7, 11) is 0. The van der Waals surface area contributed by atoms with Gasteiger partial charge in [0, 0.05) is 37.4 Å². The Balaban J connectivity index is 1.70. The third-order valence-electron chi connectivity index (χ3n) is 5.52. The fraction of sp³-hybridized carbons (Fsp3) is 0.706. The zero-order chi connectivity index (χ0) is 16.6. The van der Waals surface area contributed by atoms with Crippen molar-refractivity contribution in [2.24, 2.45) is 5.41 Å². The average Bonchev–Trinajstić information content (AvgIpc) is 3.10. The number of H-pyrrole nitrogens is 1. The summed E-state index contributed by atoms with van der Waals surface area (Å²) in [6.45, 7) is 8.79. The SMILES string of the molecule is CCN1CCC[C@]2(CCN(C(=O)Cc3c(C)n[nH]c3C)C2)C1=O. The van der Waals surface area contributed by atoms with Gasteiger partial charge in [0.05, 0.1) is 17.5 Å². The van der Waals surface area contributed by atoms with Gasteiger partial charge in [0.25, 0.3) is 0 Å². The van der Waals surface area contributed by atoms with Crippen molar-refractivity contribution >= 4 is 11.8 Å². The van der Waals surface area contributed by atoms with Crippen LogP contribution in [0.15, 0.2) is 0 Å². The molecule has 0 aromatic carbocycles. The molecule has 2 fully saturated rings. The Morgan fingerprint density at radius 1 is 1.30 bits per heavy atom. The molecule has 1 aromatic heterocycles. The molecule has 2 aliphatic heterocycles. The standard InChI is InChI=1S/C17H26N4O2/c1-4-20-8-5-6-17(16(20)23)7-9-21(11-17)15(22)10-14-12(2)18-19-13(14)3/h4-11H2,1-3H3,(H,18,19)/t17-/m1/s1. The quantitative estimate of drug-likeness (QED) is 0.916. The number of hydrogen-bond acceptors (Lipinski definition) is 3. The van der Waals surface area contributed by atoms with Crippen LogP contribution in [0.2, 0.25) is 0 Å². The highest BCUT2D eigenvalue weighted by Gasteiger charge is 2.48. The number of aromatic amines is 1. The maximum absolute atomic E-state index is 12.7. The Labute approximate surface area is 137 Å². The van der Waals surface area contributed by atoms with Gasteiger partial charge < -0.3 is 9.80 Å². The number of nitrogens with zero attached hydrogens (tertiary/aromatic N) is 3. The molecule has 0 unspecified atom stereocenters. The molecular formula is C17H26N4O2. The molecule has 2 amide bonds. The van der Waals surface area contributed by atoms with Gasteiger partial charge in [-0.15, -0.1) is 0 Å². The molecular weight excluding hydrogens is 292 g/mol. The normalized spacial score (nSPS) is 24.7. The van der Waals surface area contributed by atoms with Crippen LogP contribution >= 0.6 is 0 Å². The van der Waals surface area contributed by atoms with Crippen molar-refractivity contribution in [3.8, 4) is 0 Å². The number of piperidine rings is 1. The lowest BCUT2D eigenvalue weighted by atomic mass is 9.78. The minimum Gasteiger partial charge on any atom is -0.342 e. The maximum atomic E-state index is 12.7. The predicted molar refractivity (Wildman–Crippen MR) is 86.9 cm³/mol. The van der Waals surface area contributed by atoms with Crippen molar-refractivity contribution in [2.75, 3.05) is 26.2 Å². The Bertz CT molecular complexity index is 605. The molecule has 0 radical (unpaired) electrons. The number of hydrogen-bond donors (Lipinski definition) is 1. The van der Waals surface area contributed by atoms with Crippen molar-refractivity contribution in [2.45, 2.75) is 46.5 Å². The second-order valence-electron chi connectivity index (χ2n) is 6.92. The van der Waals surface area contributed by atoms with Gasteiger partial charge in [0.15, 0.2) is 0 Å². The summed E-state index contributed by atoms with van der Waals surface area (Å²) in [6.07, 6.45) is 3.13. The molecule has 6 nitrogen and oxygen atoms in total. The van der Waals surface area contributed by atoms with Gasteiger partial charge in [-0.3, -0.25) is 14.7 Å². The molecule has 0 bridgehead atoms. The summed E-state index contributed by atoms with van der Waals surface area (Å²) < 4.78 is 0. The zero-order valence-electron chi connectivity index (χ0n) is 14.3. The molecule has 1 N–H and O–H groups in total. The molecule has 6 heteroatoms. The Morgan fingerprint density at radius 2 is 2.09 bits per heavy atom. The first-order valence-corrected chi connectivity index (χ1v) is 8.54. The summed E-state index contributed by atoms with van der Waals surface area (Å²) in [4.78, 5) is 29.2. The van der Waals surface area contributed by atoms with Crippen molar-refractivity contribution in [3.05, 3.63) is 17.0 Å². The number of aromatic nitrogens is 2. The van der Waals surface area contributed by atoms with Crippen molar-refractivity contribution in [1.82, 2.24) is 20.0 Å². The molecule has 2 aliphatic rings. The summed E-state index contributed by atoms with van der Waals surface area (Å²) in [5, 5.41) is 7.08. The van der Waals surface area contributed by atoms with E-state index in [-0.39, 0.29) is 17.2 Å². The van der Waals surface area contributed by atoms with E-state index in [1.807, 2.05) is 30.6 Å². The number of aryl methyl sites for hydroxylation is 2. The lowest BCUT2D eigenvalue weighted by Crippen LogP contribution is -2.50. The Morgan fingerprint density at radius 3 is 2.74 bits per heavy atom. The third-order valence-corrected chi connectivity index (χ3v) is 5.52. The molecule has 0 aliphatic carbocycles. The molecule has 1 aromatic rings. The smallest absolute Gasteiger partial charge is 0.230 e. The van der Waals surface area contributed by atoms with Gasteiger partial charge in [-0.1, -0.05) is 0 Å². The first-order chi connectivity index (χ1) is 11.0. The second kappa shape index (κ2) is 5.98. The van der Waals surface area contributed by atoms with Gasteiger partial charge >= 0.3 is 0 Å². The second-order valence-corrected chi connectivity index (χ2v) is 6.92. The van der Waals surface area contributed by atoms with Gasteiger partial charge in [0.1, 0.15) is 0 Å². The van der Waals surface area contributed by atoms with E-state index in [1.54, 1.807) is 0 Å². The fourth-order valence-electron chi connectivity index (χ4n) is 4.02. The number of amides is 2. The summed E-state index contributed by atoms with van der Waals surface area (Å²) in [6, 6.07) is 0. The van der Waals surface area contributed by atoms with Crippen molar-refractivity contribution in [3.63, 3.8) is 0 Å². The van der Waals surface area contributed by atoms with Crippen LogP contribution in [0.1, 0.15) is 43.1 Å². The first-order valence-electron chi connectivity index (χ1n) is 8.54. The van der Waals surface area contributed by atoms with E-state index in [4.69, 9.17) is 0 Å². The van der Waals surface area contributed by atoms with Crippen LogP contribution in [-0.2, 0) is 16.0 Å². The first kappa shape index (κ1) is 16.0. The number of nitrogens with one attached hydrogen (secondary N) is 1. The molecule has 1 atom stereocenters. The fourth-order valence-corrected chi connectivity index (χ4v) is 4.02. The highest BCUT2D eigenvalue weighted by atomic mass is 16.2. The van der Waals surface area contributed by atoms with Gasteiger partial charge in [-0.05, 0) is 40.0 Å². The maximum Gasteiger partial charge on any atom is 0.230 e.